The highest BCUT2D eigenvalue weighted by molar-refractivity contribution is 5.62. The van der Waals surface area contributed by atoms with Gasteiger partial charge in [-0.2, -0.15) is 4.98 Å². The maximum atomic E-state index is 5.33. The van der Waals surface area contributed by atoms with Gasteiger partial charge >= 0.3 is 0 Å². The summed E-state index contributed by atoms with van der Waals surface area (Å²) in [6, 6.07) is 11.4. The highest BCUT2D eigenvalue weighted by Crippen LogP contribution is 2.31. The van der Waals surface area contributed by atoms with Crippen LogP contribution < -0.4 is 20.1 Å². The predicted octanol–water partition coefficient (Wildman–Crippen LogP) is 3.55. The van der Waals surface area contributed by atoms with Gasteiger partial charge in [0.1, 0.15) is 5.82 Å². The number of benzene rings is 1. The van der Waals surface area contributed by atoms with Crippen LogP contribution in [0.15, 0.2) is 48.8 Å². The minimum absolute atomic E-state index is 0.553. The van der Waals surface area contributed by atoms with Crippen LogP contribution in [-0.2, 0) is 6.54 Å². The summed E-state index contributed by atoms with van der Waals surface area (Å²) in [5.74, 6) is 2.57. The lowest BCUT2D eigenvalue weighted by Crippen LogP contribution is -2.06. The standard InChI is InChI=1S/C19H21N5O2/c1-13-9-18(23-15-6-7-16(25-2)17(10-15)26-3)24-19(22-13)21-12-14-5-4-8-20-11-14/h4-11H,12H2,1-3H3,(H2,21,22,23,24). The lowest BCUT2D eigenvalue weighted by molar-refractivity contribution is 0.355. The van der Waals surface area contributed by atoms with Gasteiger partial charge in [0.15, 0.2) is 11.5 Å². The first-order valence-corrected chi connectivity index (χ1v) is 8.15. The van der Waals surface area contributed by atoms with E-state index in [4.69, 9.17) is 9.47 Å². The third-order valence-electron chi connectivity index (χ3n) is 3.68. The molecule has 2 N–H and O–H groups in total. The quantitative estimate of drug-likeness (QED) is 0.673. The van der Waals surface area contributed by atoms with E-state index in [1.165, 1.54) is 0 Å². The summed E-state index contributed by atoms with van der Waals surface area (Å²) < 4.78 is 10.6. The van der Waals surface area contributed by atoms with Crippen molar-refractivity contribution < 1.29 is 9.47 Å². The van der Waals surface area contributed by atoms with Crippen LogP contribution in [0.4, 0.5) is 17.5 Å². The van der Waals surface area contributed by atoms with Crippen molar-refractivity contribution in [2.45, 2.75) is 13.5 Å². The van der Waals surface area contributed by atoms with Gasteiger partial charge < -0.3 is 20.1 Å². The summed E-state index contributed by atoms with van der Waals surface area (Å²) in [5, 5.41) is 6.49. The predicted molar refractivity (Wildman–Crippen MR) is 101 cm³/mol. The average molecular weight is 351 g/mol. The Bertz CT molecular complexity index is 871. The maximum Gasteiger partial charge on any atom is 0.225 e. The molecule has 2 heterocycles. The van der Waals surface area contributed by atoms with Crippen LogP contribution in [0.2, 0.25) is 0 Å². The Hall–Kier alpha value is -3.35. The molecule has 0 amide bonds. The Balaban J connectivity index is 1.75. The summed E-state index contributed by atoms with van der Waals surface area (Å²) >= 11 is 0. The van der Waals surface area contributed by atoms with E-state index >= 15 is 0 Å². The minimum Gasteiger partial charge on any atom is -0.493 e. The molecule has 0 saturated heterocycles. The second-order valence-corrected chi connectivity index (χ2v) is 5.63. The molecule has 0 aliphatic rings. The molecule has 0 unspecified atom stereocenters. The highest BCUT2D eigenvalue weighted by atomic mass is 16.5. The first-order chi connectivity index (χ1) is 12.7. The summed E-state index contributed by atoms with van der Waals surface area (Å²) in [6.07, 6.45) is 3.56. The Labute approximate surface area is 152 Å². The van der Waals surface area contributed by atoms with Crippen LogP contribution in [0.1, 0.15) is 11.3 Å². The largest absolute Gasteiger partial charge is 0.493 e. The fourth-order valence-electron chi connectivity index (χ4n) is 2.46. The van der Waals surface area contributed by atoms with Crippen LogP contribution >= 0.6 is 0 Å². The van der Waals surface area contributed by atoms with Crippen molar-refractivity contribution in [3.05, 3.63) is 60.0 Å². The topological polar surface area (TPSA) is 81.2 Å². The van der Waals surface area contributed by atoms with Crippen molar-refractivity contribution in [1.29, 1.82) is 0 Å². The second kappa shape index (κ2) is 8.15. The molecule has 1 aromatic carbocycles. The van der Waals surface area contributed by atoms with Gasteiger partial charge in [-0.25, -0.2) is 4.98 Å². The molecular formula is C19H21N5O2. The molecule has 0 aliphatic carbocycles. The number of aromatic nitrogens is 3. The number of methoxy groups -OCH3 is 2. The Morgan fingerprint density at radius 3 is 2.58 bits per heavy atom. The van der Waals surface area contributed by atoms with E-state index < -0.39 is 0 Å². The fraction of sp³-hybridized carbons (Fsp3) is 0.211. The summed E-state index contributed by atoms with van der Waals surface area (Å²) in [5.41, 5.74) is 2.77. The van der Waals surface area contributed by atoms with E-state index in [0.29, 0.717) is 29.8 Å². The van der Waals surface area contributed by atoms with Crippen LogP contribution in [0.3, 0.4) is 0 Å². The molecule has 0 saturated carbocycles. The highest BCUT2D eigenvalue weighted by Gasteiger charge is 2.07. The summed E-state index contributed by atoms with van der Waals surface area (Å²) in [7, 11) is 3.22. The van der Waals surface area contributed by atoms with E-state index in [1.54, 1.807) is 20.4 Å². The number of hydrogen-bond acceptors (Lipinski definition) is 7. The van der Waals surface area contributed by atoms with E-state index in [2.05, 4.69) is 25.6 Å². The third-order valence-corrected chi connectivity index (χ3v) is 3.68. The molecular weight excluding hydrogens is 330 g/mol. The molecule has 134 valence electrons. The molecule has 0 atom stereocenters. The van der Waals surface area contributed by atoms with Gasteiger partial charge in [0.05, 0.1) is 14.2 Å². The van der Waals surface area contributed by atoms with Crippen molar-refractivity contribution in [1.82, 2.24) is 15.0 Å². The van der Waals surface area contributed by atoms with Crippen molar-refractivity contribution in [3.8, 4) is 11.5 Å². The van der Waals surface area contributed by atoms with Crippen molar-refractivity contribution >= 4 is 17.5 Å². The van der Waals surface area contributed by atoms with Gasteiger partial charge in [0, 0.05) is 42.5 Å². The Morgan fingerprint density at radius 1 is 1.00 bits per heavy atom. The Morgan fingerprint density at radius 2 is 1.85 bits per heavy atom. The number of nitrogens with zero attached hydrogens (tertiary/aromatic N) is 3. The van der Waals surface area contributed by atoms with Gasteiger partial charge in [0.2, 0.25) is 5.95 Å². The lowest BCUT2D eigenvalue weighted by atomic mass is 10.2. The van der Waals surface area contributed by atoms with E-state index in [1.807, 2.05) is 49.5 Å². The molecule has 0 aliphatic heterocycles. The number of pyridine rings is 1. The number of aryl methyl sites for hydroxylation is 1. The summed E-state index contributed by atoms with van der Waals surface area (Å²) in [4.78, 5) is 13.0. The fourth-order valence-corrected chi connectivity index (χ4v) is 2.46. The third kappa shape index (κ3) is 4.38. The molecule has 0 bridgehead atoms. The average Bonchev–Trinajstić information content (AvgIpc) is 2.66. The van der Waals surface area contributed by atoms with E-state index in [9.17, 15) is 0 Å². The first kappa shape index (κ1) is 17.5. The van der Waals surface area contributed by atoms with E-state index in [-0.39, 0.29) is 0 Å². The zero-order valence-electron chi connectivity index (χ0n) is 15.0. The molecule has 26 heavy (non-hydrogen) atoms. The van der Waals surface area contributed by atoms with Gasteiger partial charge in [-0.05, 0) is 30.7 Å². The summed E-state index contributed by atoms with van der Waals surface area (Å²) in [6.45, 7) is 2.53. The molecule has 7 heteroatoms. The minimum atomic E-state index is 0.553. The normalized spacial score (nSPS) is 10.3. The molecule has 0 radical (unpaired) electrons. The molecule has 0 fully saturated rings. The second-order valence-electron chi connectivity index (χ2n) is 5.63. The number of hydrogen-bond donors (Lipinski definition) is 2. The molecule has 0 spiro atoms. The molecule has 3 aromatic rings. The molecule has 7 nitrogen and oxygen atoms in total. The molecule has 2 aromatic heterocycles. The number of anilines is 3. The smallest absolute Gasteiger partial charge is 0.225 e. The van der Waals surface area contributed by atoms with Crippen molar-refractivity contribution in [2.24, 2.45) is 0 Å². The van der Waals surface area contributed by atoms with E-state index in [0.717, 1.165) is 16.9 Å². The Kier molecular flexibility index (Phi) is 5.48. The van der Waals surface area contributed by atoms with Gasteiger partial charge in [-0.3, -0.25) is 4.98 Å². The van der Waals surface area contributed by atoms with Crippen LogP contribution in [0, 0.1) is 6.92 Å². The SMILES string of the molecule is COc1ccc(Nc2cc(C)nc(NCc3cccnc3)n2)cc1OC. The lowest BCUT2D eigenvalue weighted by Gasteiger charge is -2.12. The monoisotopic (exact) mass is 351 g/mol. The van der Waals surface area contributed by atoms with Crippen LogP contribution in [0.25, 0.3) is 0 Å². The van der Waals surface area contributed by atoms with Crippen molar-refractivity contribution in [2.75, 3.05) is 24.9 Å². The van der Waals surface area contributed by atoms with Gasteiger partial charge in [0.25, 0.3) is 0 Å². The first-order valence-electron chi connectivity index (χ1n) is 8.15. The van der Waals surface area contributed by atoms with Gasteiger partial charge in [-0.1, -0.05) is 6.07 Å². The number of rotatable bonds is 7. The maximum absolute atomic E-state index is 5.33. The van der Waals surface area contributed by atoms with Crippen LogP contribution in [0.5, 0.6) is 11.5 Å². The zero-order valence-corrected chi connectivity index (χ0v) is 15.0. The number of ether oxygens (including phenoxy) is 2. The van der Waals surface area contributed by atoms with Crippen molar-refractivity contribution in [3.63, 3.8) is 0 Å². The molecule has 3 rings (SSSR count). The van der Waals surface area contributed by atoms with Gasteiger partial charge in [-0.15, -0.1) is 0 Å². The van der Waals surface area contributed by atoms with Crippen LogP contribution in [-0.4, -0.2) is 29.2 Å². The zero-order chi connectivity index (χ0) is 18.4. The number of nitrogens with one attached hydrogen (secondary N) is 2.